The van der Waals surface area contributed by atoms with E-state index in [0.29, 0.717) is 5.92 Å². The lowest BCUT2D eigenvalue weighted by atomic mass is 9.93. The second kappa shape index (κ2) is 4.13. The Morgan fingerprint density at radius 1 is 1.26 bits per heavy atom. The molecular formula is C16H20ClNO. The van der Waals surface area contributed by atoms with Gasteiger partial charge in [0, 0.05) is 16.6 Å². The van der Waals surface area contributed by atoms with Gasteiger partial charge in [-0.2, -0.15) is 0 Å². The van der Waals surface area contributed by atoms with E-state index in [1.165, 1.54) is 19.3 Å². The number of methoxy groups -OCH3 is 1. The van der Waals surface area contributed by atoms with Crippen LogP contribution in [0.1, 0.15) is 30.9 Å². The van der Waals surface area contributed by atoms with Gasteiger partial charge in [-0.25, -0.2) is 0 Å². The summed E-state index contributed by atoms with van der Waals surface area (Å²) in [5, 5.41) is 0.750. The largest absolute Gasteiger partial charge is 0.496 e. The minimum absolute atomic E-state index is 0.0899. The molecule has 0 radical (unpaired) electrons. The van der Waals surface area contributed by atoms with Crippen molar-refractivity contribution in [3.63, 3.8) is 0 Å². The Balaban J connectivity index is 1.62. The van der Waals surface area contributed by atoms with Gasteiger partial charge >= 0.3 is 0 Å². The summed E-state index contributed by atoms with van der Waals surface area (Å²) in [5.41, 5.74) is 7.64. The molecule has 0 aromatic heterocycles. The van der Waals surface area contributed by atoms with Gasteiger partial charge in [0.2, 0.25) is 0 Å². The van der Waals surface area contributed by atoms with Gasteiger partial charge in [0.25, 0.3) is 0 Å². The highest BCUT2D eigenvalue weighted by Gasteiger charge is 2.66. The average molecular weight is 278 g/mol. The first-order valence-corrected chi connectivity index (χ1v) is 7.67. The second-order valence-electron chi connectivity index (χ2n) is 6.48. The maximum absolute atomic E-state index is 6.55. The molecule has 5 atom stereocenters. The molecule has 3 fully saturated rings. The minimum atomic E-state index is 0.0899. The zero-order chi connectivity index (χ0) is 13.1. The van der Waals surface area contributed by atoms with E-state index >= 15 is 0 Å². The van der Waals surface area contributed by atoms with Crippen molar-refractivity contribution >= 4 is 11.6 Å². The Morgan fingerprint density at radius 3 is 2.58 bits per heavy atom. The predicted octanol–water partition coefficient (Wildman–Crippen LogP) is 3.64. The molecule has 3 saturated carbocycles. The van der Waals surface area contributed by atoms with Crippen LogP contribution >= 0.6 is 11.6 Å². The number of fused-ring (bicyclic) bond motifs is 5. The highest BCUT2D eigenvalue weighted by atomic mass is 35.5. The van der Waals surface area contributed by atoms with E-state index < -0.39 is 0 Å². The van der Waals surface area contributed by atoms with Crippen LogP contribution in [0, 0.1) is 29.6 Å². The molecule has 0 saturated heterocycles. The van der Waals surface area contributed by atoms with Crippen molar-refractivity contribution in [3.05, 3.63) is 28.8 Å². The van der Waals surface area contributed by atoms with Crippen LogP contribution in [0.5, 0.6) is 5.75 Å². The molecular weight excluding hydrogens is 258 g/mol. The van der Waals surface area contributed by atoms with Crippen LogP contribution in [0.25, 0.3) is 0 Å². The van der Waals surface area contributed by atoms with Crippen LogP contribution in [0.4, 0.5) is 0 Å². The van der Waals surface area contributed by atoms with Crippen molar-refractivity contribution in [1.82, 2.24) is 0 Å². The number of hydrogen-bond donors (Lipinski definition) is 1. The smallest absolute Gasteiger partial charge is 0.123 e. The lowest BCUT2D eigenvalue weighted by Gasteiger charge is -2.19. The maximum Gasteiger partial charge on any atom is 0.123 e. The van der Waals surface area contributed by atoms with Crippen LogP contribution in [-0.2, 0) is 0 Å². The Labute approximate surface area is 119 Å². The molecule has 3 heteroatoms. The number of hydrogen-bond acceptors (Lipinski definition) is 2. The molecule has 0 amide bonds. The van der Waals surface area contributed by atoms with Crippen LogP contribution in [-0.4, -0.2) is 7.11 Å². The summed E-state index contributed by atoms with van der Waals surface area (Å²) in [6, 6.07) is 5.88. The van der Waals surface area contributed by atoms with E-state index in [1.807, 2.05) is 18.2 Å². The summed E-state index contributed by atoms with van der Waals surface area (Å²) in [6.07, 6.45) is 4.33. The Bertz CT molecular complexity index is 501. The first-order chi connectivity index (χ1) is 9.20. The highest BCUT2D eigenvalue weighted by Crippen LogP contribution is 2.72. The minimum Gasteiger partial charge on any atom is -0.496 e. The fraction of sp³-hybridized carbons (Fsp3) is 0.625. The molecule has 3 aliphatic rings. The van der Waals surface area contributed by atoms with Crippen molar-refractivity contribution in [2.24, 2.45) is 35.3 Å². The SMILES string of the molecule is COc1ccc(Cl)cc1C(N)C1C2C3CCC(C3)C21. The van der Waals surface area contributed by atoms with E-state index in [9.17, 15) is 0 Å². The molecule has 1 aromatic rings. The summed E-state index contributed by atoms with van der Waals surface area (Å²) in [5.74, 6) is 5.23. The third-order valence-corrected chi connectivity index (χ3v) is 6.00. The molecule has 2 nitrogen and oxygen atoms in total. The van der Waals surface area contributed by atoms with Gasteiger partial charge in [-0.3, -0.25) is 0 Å². The third kappa shape index (κ3) is 1.66. The van der Waals surface area contributed by atoms with Crippen LogP contribution in [0.15, 0.2) is 18.2 Å². The fourth-order valence-electron chi connectivity index (χ4n) is 5.05. The van der Waals surface area contributed by atoms with Crippen molar-refractivity contribution in [2.75, 3.05) is 7.11 Å². The molecule has 2 bridgehead atoms. The molecule has 0 spiro atoms. The molecule has 102 valence electrons. The number of nitrogens with two attached hydrogens (primary N) is 1. The van der Waals surface area contributed by atoms with Gasteiger partial charge < -0.3 is 10.5 Å². The Hall–Kier alpha value is -0.730. The zero-order valence-corrected chi connectivity index (χ0v) is 11.9. The predicted molar refractivity (Wildman–Crippen MR) is 76.2 cm³/mol. The van der Waals surface area contributed by atoms with Gasteiger partial charge in [0.1, 0.15) is 5.75 Å². The highest BCUT2D eigenvalue weighted by molar-refractivity contribution is 6.30. The first-order valence-electron chi connectivity index (χ1n) is 7.29. The summed E-state index contributed by atoms with van der Waals surface area (Å²) in [7, 11) is 1.71. The molecule has 1 aromatic carbocycles. The van der Waals surface area contributed by atoms with Crippen molar-refractivity contribution in [1.29, 1.82) is 0 Å². The van der Waals surface area contributed by atoms with Gasteiger partial charge in [0.15, 0.2) is 0 Å². The van der Waals surface area contributed by atoms with Gasteiger partial charge in [-0.05, 0) is 67.1 Å². The van der Waals surface area contributed by atoms with E-state index in [4.69, 9.17) is 22.1 Å². The third-order valence-electron chi connectivity index (χ3n) is 5.76. The van der Waals surface area contributed by atoms with E-state index in [-0.39, 0.29) is 6.04 Å². The van der Waals surface area contributed by atoms with Crippen LogP contribution in [0.3, 0.4) is 0 Å². The number of benzene rings is 1. The molecule has 0 heterocycles. The Morgan fingerprint density at radius 2 is 1.95 bits per heavy atom. The Kier molecular flexibility index (Phi) is 2.62. The lowest BCUT2D eigenvalue weighted by Crippen LogP contribution is -2.18. The van der Waals surface area contributed by atoms with Crippen LogP contribution < -0.4 is 10.5 Å². The van der Waals surface area contributed by atoms with Gasteiger partial charge in [-0.15, -0.1) is 0 Å². The molecule has 3 aliphatic carbocycles. The van der Waals surface area contributed by atoms with Gasteiger partial charge in [0.05, 0.1) is 7.11 Å². The standard InChI is InChI=1S/C16H20ClNO/c1-19-12-5-4-10(17)7-11(12)16(18)15-13-8-2-3-9(6-8)14(13)15/h4-5,7-9,13-16H,2-3,6,18H2,1H3. The summed E-state index contributed by atoms with van der Waals surface area (Å²) < 4.78 is 5.45. The summed E-state index contributed by atoms with van der Waals surface area (Å²) in [4.78, 5) is 0. The summed E-state index contributed by atoms with van der Waals surface area (Å²) in [6.45, 7) is 0. The summed E-state index contributed by atoms with van der Waals surface area (Å²) >= 11 is 6.12. The van der Waals surface area contributed by atoms with E-state index in [1.54, 1.807) is 7.11 Å². The molecule has 0 aliphatic heterocycles. The normalized spacial score (nSPS) is 40.1. The van der Waals surface area contributed by atoms with Crippen molar-refractivity contribution < 1.29 is 4.74 Å². The zero-order valence-electron chi connectivity index (χ0n) is 11.2. The number of halogens is 1. The molecule has 2 N–H and O–H groups in total. The van der Waals surface area contributed by atoms with Crippen LogP contribution in [0.2, 0.25) is 5.02 Å². The first kappa shape index (κ1) is 12.0. The quantitative estimate of drug-likeness (QED) is 0.915. The number of rotatable bonds is 3. The molecule has 4 rings (SSSR count). The second-order valence-corrected chi connectivity index (χ2v) is 6.91. The van der Waals surface area contributed by atoms with E-state index in [2.05, 4.69) is 0 Å². The number of ether oxygens (including phenoxy) is 1. The lowest BCUT2D eigenvalue weighted by molar-refractivity contribution is 0.384. The van der Waals surface area contributed by atoms with Crippen molar-refractivity contribution in [3.8, 4) is 5.75 Å². The molecule has 5 unspecified atom stereocenters. The van der Waals surface area contributed by atoms with Crippen molar-refractivity contribution in [2.45, 2.75) is 25.3 Å². The average Bonchev–Trinajstić information content (AvgIpc) is 2.85. The van der Waals surface area contributed by atoms with Gasteiger partial charge in [-0.1, -0.05) is 11.6 Å². The fourth-order valence-corrected chi connectivity index (χ4v) is 5.23. The maximum atomic E-state index is 6.55. The van der Waals surface area contributed by atoms with E-state index in [0.717, 1.165) is 40.0 Å². The molecule has 19 heavy (non-hydrogen) atoms. The topological polar surface area (TPSA) is 35.2 Å². The monoisotopic (exact) mass is 277 g/mol.